The zero-order valence-corrected chi connectivity index (χ0v) is 19.8. The van der Waals surface area contributed by atoms with E-state index in [4.69, 9.17) is 4.74 Å². The zero-order valence-electron chi connectivity index (χ0n) is 19.8. The van der Waals surface area contributed by atoms with Crippen LogP contribution in [0, 0.1) is 5.82 Å². The van der Waals surface area contributed by atoms with Gasteiger partial charge in [-0.15, -0.1) is 0 Å². The summed E-state index contributed by atoms with van der Waals surface area (Å²) in [7, 11) is 0. The van der Waals surface area contributed by atoms with Crippen LogP contribution in [0.3, 0.4) is 0 Å². The Morgan fingerprint density at radius 3 is 2.54 bits per heavy atom. The topological polar surface area (TPSA) is 71.5 Å². The lowest BCUT2D eigenvalue weighted by Crippen LogP contribution is -2.47. The fourth-order valence-electron chi connectivity index (χ4n) is 4.54. The molecule has 0 radical (unpaired) electrons. The third-order valence-electron chi connectivity index (χ3n) is 6.16. The number of anilines is 1. The van der Waals surface area contributed by atoms with Gasteiger partial charge in [0.1, 0.15) is 23.3 Å². The van der Waals surface area contributed by atoms with Gasteiger partial charge in [0.25, 0.3) is 5.91 Å². The summed E-state index contributed by atoms with van der Waals surface area (Å²) in [5.41, 5.74) is 0.938. The van der Waals surface area contributed by atoms with Gasteiger partial charge in [-0.2, -0.15) is 0 Å². The molecule has 182 valence electrons. The van der Waals surface area contributed by atoms with Gasteiger partial charge in [-0.3, -0.25) is 19.5 Å². The molecule has 1 fully saturated rings. The normalized spacial score (nSPS) is 14.7. The number of amides is 2. The van der Waals surface area contributed by atoms with Crippen molar-refractivity contribution < 1.29 is 18.7 Å². The van der Waals surface area contributed by atoms with Gasteiger partial charge in [0, 0.05) is 23.5 Å². The molecule has 0 spiro atoms. The average molecular weight is 476 g/mol. The van der Waals surface area contributed by atoms with Crippen LogP contribution in [0.2, 0.25) is 0 Å². The van der Waals surface area contributed by atoms with E-state index in [9.17, 15) is 14.0 Å². The number of aromatic nitrogens is 1. The maximum absolute atomic E-state index is 14.4. The van der Waals surface area contributed by atoms with Crippen molar-refractivity contribution in [2.45, 2.75) is 51.1 Å². The number of nitrogens with zero attached hydrogens (tertiary/aromatic N) is 2. The Balaban J connectivity index is 1.85. The van der Waals surface area contributed by atoms with Crippen molar-refractivity contribution in [3.8, 4) is 5.75 Å². The van der Waals surface area contributed by atoms with Crippen molar-refractivity contribution in [3.63, 3.8) is 0 Å². The van der Waals surface area contributed by atoms with Gasteiger partial charge in [0.15, 0.2) is 0 Å². The lowest BCUT2D eigenvalue weighted by Gasteiger charge is -2.34. The van der Waals surface area contributed by atoms with Crippen LogP contribution in [-0.2, 0) is 4.79 Å². The predicted molar refractivity (Wildman–Crippen MR) is 133 cm³/mol. The van der Waals surface area contributed by atoms with Gasteiger partial charge in [-0.25, -0.2) is 4.39 Å². The van der Waals surface area contributed by atoms with Gasteiger partial charge >= 0.3 is 0 Å². The molecule has 1 aliphatic carbocycles. The van der Waals surface area contributed by atoms with Crippen LogP contribution in [0.4, 0.5) is 10.1 Å². The summed E-state index contributed by atoms with van der Waals surface area (Å²) < 4.78 is 20.2. The molecule has 1 aliphatic rings. The summed E-state index contributed by atoms with van der Waals surface area (Å²) in [5, 5.41) is 3.16. The van der Waals surface area contributed by atoms with E-state index in [1.54, 1.807) is 42.5 Å². The zero-order chi connectivity index (χ0) is 24.6. The molecule has 35 heavy (non-hydrogen) atoms. The maximum Gasteiger partial charge on any atom is 0.277 e. The highest BCUT2D eigenvalue weighted by molar-refractivity contribution is 6.09. The van der Waals surface area contributed by atoms with E-state index in [0.29, 0.717) is 17.9 Å². The average Bonchev–Trinajstić information content (AvgIpc) is 2.88. The molecule has 1 aromatic heterocycles. The van der Waals surface area contributed by atoms with Crippen molar-refractivity contribution >= 4 is 17.5 Å². The first-order valence-electron chi connectivity index (χ1n) is 12.1. The highest BCUT2D eigenvalue weighted by Crippen LogP contribution is 2.35. The minimum absolute atomic E-state index is 0.0253. The van der Waals surface area contributed by atoms with Crippen molar-refractivity contribution in [2.24, 2.45) is 0 Å². The van der Waals surface area contributed by atoms with Crippen LogP contribution in [-0.4, -0.2) is 29.4 Å². The number of carbonyl (C=O) groups excluding carboxylic acids is 2. The number of nitrogens with one attached hydrogen (secondary N) is 1. The number of hydrogen-bond donors (Lipinski definition) is 1. The molecule has 2 amide bonds. The van der Waals surface area contributed by atoms with Crippen molar-refractivity contribution in [1.29, 1.82) is 0 Å². The van der Waals surface area contributed by atoms with E-state index in [1.165, 1.54) is 29.3 Å². The number of pyridine rings is 1. The molecule has 2 aromatic carbocycles. The van der Waals surface area contributed by atoms with E-state index in [1.807, 2.05) is 13.0 Å². The smallest absolute Gasteiger partial charge is 0.277 e. The molecule has 1 saturated carbocycles. The Labute approximate surface area is 205 Å². The Kier molecular flexibility index (Phi) is 8.08. The van der Waals surface area contributed by atoms with Crippen molar-refractivity contribution in [3.05, 3.63) is 90.0 Å². The van der Waals surface area contributed by atoms with Crippen molar-refractivity contribution in [2.75, 3.05) is 11.5 Å². The molecular weight excluding hydrogens is 445 g/mol. The first kappa shape index (κ1) is 24.4. The van der Waals surface area contributed by atoms with Crippen LogP contribution in [0.25, 0.3) is 0 Å². The highest BCUT2D eigenvalue weighted by Gasteiger charge is 2.37. The summed E-state index contributed by atoms with van der Waals surface area (Å²) in [5.74, 6) is -0.858. The predicted octanol–water partition coefficient (Wildman–Crippen LogP) is 5.46. The Hall–Kier alpha value is -3.74. The maximum atomic E-state index is 14.4. The van der Waals surface area contributed by atoms with E-state index >= 15 is 0 Å². The van der Waals surface area contributed by atoms with Crippen LogP contribution in [0.1, 0.15) is 61.1 Å². The monoisotopic (exact) mass is 475 g/mol. The van der Waals surface area contributed by atoms with Gasteiger partial charge in [0.2, 0.25) is 5.91 Å². The van der Waals surface area contributed by atoms with Gasteiger partial charge in [0.05, 0.1) is 6.61 Å². The number of carbonyl (C=O) groups is 2. The van der Waals surface area contributed by atoms with E-state index < -0.39 is 17.8 Å². The van der Waals surface area contributed by atoms with Gasteiger partial charge < -0.3 is 10.1 Å². The summed E-state index contributed by atoms with van der Waals surface area (Å²) in [6.45, 7) is 2.25. The van der Waals surface area contributed by atoms with Crippen LogP contribution in [0.15, 0.2) is 72.9 Å². The fraction of sp³-hybridized carbons (Fsp3) is 0.321. The molecule has 3 aromatic rings. The van der Waals surface area contributed by atoms with Crippen LogP contribution >= 0.6 is 0 Å². The SMILES string of the molecule is CCOc1ccccc1[C@H](C(=O)NC1CCCCC1)N(C(=O)c1ccccn1)c1cccc(F)c1. The number of para-hydroxylation sites is 1. The molecule has 0 bridgehead atoms. The minimum Gasteiger partial charge on any atom is -0.493 e. The molecule has 7 heteroatoms. The van der Waals surface area contributed by atoms with Gasteiger partial charge in [-0.05, 0) is 56.2 Å². The standard InChI is InChI=1S/C28H30FN3O3/c1-2-35-25-17-7-6-15-23(25)26(27(33)31-21-12-4-3-5-13-21)32(22-14-10-11-20(29)19-22)28(34)24-16-8-9-18-30-24/h6-11,14-19,21,26H,2-5,12-13H2,1H3,(H,31,33)/t26-/m1/s1. The minimum atomic E-state index is -1.09. The van der Waals surface area contributed by atoms with Gasteiger partial charge in [-0.1, -0.05) is 49.6 Å². The Morgan fingerprint density at radius 1 is 1.06 bits per heavy atom. The number of ether oxygens (including phenoxy) is 1. The first-order valence-corrected chi connectivity index (χ1v) is 12.1. The second-order valence-electron chi connectivity index (χ2n) is 8.59. The van der Waals surface area contributed by atoms with Crippen LogP contribution < -0.4 is 15.0 Å². The molecule has 0 unspecified atom stereocenters. The molecule has 6 nitrogen and oxygen atoms in total. The highest BCUT2D eigenvalue weighted by atomic mass is 19.1. The lowest BCUT2D eigenvalue weighted by molar-refractivity contribution is -0.123. The molecule has 4 rings (SSSR count). The molecule has 0 saturated heterocycles. The number of rotatable bonds is 8. The largest absolute Gasteiger partial charge is 0.493 e. The molecule has 0 aliphatic heterocycles. The van der Waals surface area contributed by atoms with Crippen LogP contribution in [0.5, 0.6) is 5.75 Å². The Morgan fingerprint density at radius 2 is 1.83 bits per heavy atom. The molecular formula is C28H30FN3O3. The first-order chi connectivity index (χ1) is 17.1. The number of benzene rings is 2. The van der Waals surface area contributed by atoms with E-state index in [-0.39, 0.29) is 23.3 Å². The number of hydrogen-bond acceptors (Lipinski definition) is 4. The lowest BCUT2D eigenvalue weighted by atomic mass is 9.94. The quantitative estimate of drug-likeness (QED) is 0.470. The molecule has 1 heterocycles. The summed E-state index contributed by atoms with van der Waals surface area (Å²) in [6.07, 6.45) is 6.54. The van der Waals surface area contributed by atoms with Crippen molar-refractivity contribution in [1.82, 2.24) is 10.3 Å². The fourth-order valence-corrected chi connectivity index (χ4v) is 4.54. The molecule has 1 atom stereocenters. The summed E-state index contributed by atoms with van der Waals surface area (Å²) in [6, 6.07) is 16.8. The Bertz CT molecular complexity index is 1150. The number of halogens is 1. The second kappa shape index (κ2) is 11.6. The third-order valence-corrected chi connectivity index (χ3v) is 6.16. The summed E-state index contributed by atoms with van der Waals surface area (Å²) in [4.78, 5) is 33.3. The second-order valence-corrected chi connectivity index (χ2v) is 8.59. The third kappa shape index (κ3) is 5.85. The van der Waals surface area contributed by atoms with E-state index in [0.717, 1.165) is 32.1 Å². The van der Waals surface area contributed by atoms with E-state index in [2.05, 4.69) is 10.3 Å². The summed E-state index contributed by atoms with van der Waals surface area (Å²) >= 11 is 0. The molecule has 1 N–H and O–H groups in total.